The minimum Gasteiger partial charge on any atom is -0.476 e. The smallest absolute Gasteiger partial charge is 0.355 e. The van der Waals surface area contributed by atoms with Gasteiger partial charge in [0.1, 0.15) is 5.01 Å². The van der Waals surface area contributed by atoms with E-state index in [-0.39, 0.29) is 11.7 Å². The predicted octanol–water partition coefficient (Wildman–Crippen LogP) is 2.88. The van der Waals surface area contributed by atoms with Gasteiger partial charge in [0, 0.05) is 15.5 Å². The molecule has 0 saturated heterocycles. The zero-order chi connectivity index (χ0) is 15.6. The lowest BCUT2D eigenvalue weighted by Gasteiger charge is -2.15. The quantitative estimate of drug-likeness (QED) is 0.751. The molecule has 0 radical (unpaired) electrons. The molecule has 0 aliphatic heterocycles. The van der Waals surface area contributed by atoms with E-state index in [4.69, 9.17) is 10.8 Å². The molecule has 1 amide bonds. The molecule has 110 valence electrons. The Labute approximate surface area is 133 Å². The van der Waals surface area contributed by atoms with Crippen molar-refractivity contribution in [3.63, 3.8) is 0 Å². The summed E-state index contributed by atoms with van der Waals surface area (Å²) in [7, 11) is 0. The minimum atomic E-state index is -1.06. The fourth-order valence-corrected chi connectivity index (χ4v) is 2.89. The van der Waals surface area contributed by atoms with Gasteiger partial charge in [-0.25, -0.2) is 9.78 Å². The molecule has 0 fully saturated rings. The number of nitrogens with two attached hydrogens (primary N) is 1. The first-order valence-electron chi connectivity index (χ1n) is 5.93. The molecule has 1 aromatic carbocycles. The van der Waals surface area contributed by atoms with Crippen LogP contribution in [0.2, 0.25) is 0 Å². The van der Waals surface area contributed by atoms with Gasteiger partial charge in [-0.15, -0.1) is 11.3 Å². The first-order valence-corrected chi connectivity index (χ1v) is 7.60. The van der Waals surface area contributed by atoms with E-state index in [1.54, 1.807) is 18.2 Å². The fourth-order valence-electron chi connectivity index (χ4n) is 1.73. The second-order valence-corrected chi connectivity index (χ2v) is 6.10. The normalized spacial score (nSPS) is 11.9. The van der Waals surface area contributed by atoms with Crippen LogP contribution < -0.4 is 11.1 Å². The van der Waals surface area contributed by atoms with Crippen LogP contribution in [0.5, 0.6) is 0 Å². The maximum atomic E-state index is 11.4. The minimum absolute atomic E-state index is 0.00742. The number of carboxylic acid groups (broad SMARTS) is 1. The van der Waals surface area contributed by atoms with Crippen LogP contribution in [0.3, 0.4) is 0 Å². The summed E-state index contributed by atoms with van der Waals surface area (Å²) < 4.78 is 0.799. The Morgan fingerprint density at radius 1 is 1.48 bits per heavy atom. The van der Waals surface area contributed by atoms with Crippen LogP contribution in [-0.4, -0.2) is 22.0 Å². The van der Waals surface area contributed by atoms with Gasteiger partial charge in [0.05, 0.1) is 11.6 Å². The molecule has 6 nitrogen and oxygen atoms in total. The lowest BCUT2D eigenvalue weighted by molar-refractivity contribution is 0.0691. The number of aromatic nitrogens is 1. The molecule has 1 aromatic heterocycles. The average molecular weight is 370 g/mol. The monoisotopic (exact) mass is 369 g/mol. The van der Waals surface area contributed by atoms with Crippen LogP contribution in [-0.2, 0) is 0 Å². The number of amides is 1. The molecule has 0 aliphatic carbocycles. The van der Waals surface area contributed by atoms with E-state index in [1.165, 1.54) is 16.7 Å². The van der Waals surface area contributed by atoms with Crippen LogP contribution in [0, 0.1) is 0 Å². The van der Waals surface area contributed by atoms with E-state index in [1.807, 2.05) is 6.92 Å². The Morgan fingerprint density at radius 3 is 2.76 bits per heavy atom. The van der Waals surface area contributed by atoms with Gasteiger partial charge in [-0.1, -0.05) is 15.9 Å². The summed E-state index contributed by atoms with van der Waals surface area (Å²) >= 11 is 4.57. The number of hydrogen-bond donors (Lipinski definition) is 3. The molecule has 2 aromatic rings. The standard InChI is InChI=1S/C13H12BrN3O3S/c1-6(12-17-10(5-21-12)13(19)20)16-9-4-7(14)2-3-8(9)11(15)18/h2-6,16H,1H3,(H2,15,18)(H,19,20). The van der Waals surface area contributed by atoms with Gasteiger partial charge in [0.15, 0.2) is 5.69 Å². The summed E-state index contributed by atoms with van der Waals surface area (Å²) in [5.74, 6) is -1.60. The molecule has 2 rings (SSSR count). The first kappa shape index (κ1) is 15.5. The number of carbonyl (C=O) groups is 2. The number of carboxylic acids is 1. The largest absolute Gasteiger partial charge is 0.476 e. The van der Waals surface area contributed by atoms with Crippen LogP contribution in [0.25, 0.3) is 0 Å². The van der Waals surface area contributed by atoms with Crippen molar-refractivity contribution in [2.75, 3.05) is 5.32 Å². The highest BCUT2D eigenvalue weighted by atomic mass is 79.9. The first-order chi connectivity index (χ1) is 9.88. The Bertz CT molecular complexity index is 702. The van der Waals surface area contributed by atoms with E-state index in [0.29, 0.717) is 16.3 Å². The summed E-state index contributed by atoms with van der Waals surface area (Å²) in [5, 5.41) is 14.1. The van der Waals surface area contributed by atoms with E-state index in [2.05, 4.69) is 26.2 Å². The average Bonchev–Trinajstić information content (AvgIpc) is 2.88. The van der Waals surface area contributed by atoms with E-state index >= 15 is 0 Å². The number of aromatic carboxylic acids is 1. The zero-order valence-corrected chi connectivity index (χ0v) is 13.4. The topological polar surface area (TPSA) is 105 Å². The van der Waals surface area contributed by atoms with Crippen LogP contribution in [0.15, 0.2) is 28.1 Å². The van der Waals surface area contributed by atoms with Gasteiger partial charge in [0.2, 0.25) is 0 Å². The molecule has 1 heterocycles. The van der Waals surface area contributed by atoms with Gasteiger partial charge < -0.3 is 16.2 Å². The zero-order valence-electron chi connectivity index (χ0n) is 11.0. The molecule has 1 unspecified atom stereocenters. The Kier molecular flexibility index (Phi) is 4.59. The molecule has 8 heteroatoms. The highest BCUT2D eigenvalue weighted by molar-refractivity contribution is 9.10. The highest BCUT2D eigenvalue weighted by Gasteiger charge is 2.16. The van der Waals surface area contributed by atoms with Crippen molar-refractivity contribution < 1.29 is 14.7 Å². The van der Waals surface area contributed by atoms with Gasteiger partial charge in [-0.3, -0.25) is 4.79 Å². The number of hydrogen-bond acceptors (Lipinski definition) is 5. The number of anilines is 1. The third kappa shape index (κ3) is 3.59. The summed E-state index contributed by atoms with van der Waals surface area (Å²) in [6.07, 6.45) is 0. The summed E-state index contributed by atoms with van der Waals surface area (Å²) in [6.45, 7) is 1.83. The number of primary amides is 1. The molecular weight excluding hydrogens is 358 g/mol. The second-order valence-electron chi connectivity index (χ2n) is 4.30. The SMILES string of the molecule is CC(Nc1cc(Br)ccc1C(N)=O)c1nc(C(=O)O)cs1. The Morgan fingerprint density at radius 2 is 2.19 bits per heavy atom. The lowest BCUT2D eigenvalue weighted by atomic mass is 10.1. The third-order valence-electron chi connectivity index (χ3n) is 2.73. The molecular formula is C13H12BrN3O3S. The molecule has 0 spiro atoms. The third-order valence-corrected chi connectivity index (χ3v) is 4.25. The van der Waals surface area contributed by atoms with Crippen molar-refractivity contribution in [3.8, 4) is 0 Å². The maximum absolute atomic E-state index is 11.4. The van der Waals surface area contributed by atoms with Crippen molar-refractivity contribution >= 4 is 44.8 Å². The number of nitrogens with zero attached hydrogens (tertiary/aromatic N) is 1. The number of benzene rings is 1. The van der Waals surface area contributed by atoms with Gasteiger partial charge in [-0.05, 0) is 25.1 Å². The number of nitrogens with one attached hydrogen (secondary N) is 1. The summed E-state index contributed by atoms with van der Waals surface area (Å²) in [5.41, 5.74) is 6.27. The van der Waals surface area contributed by atoms with Gasteiger partial charge >= 0.3 is 5.97 Å². The summed E-state index contributed by atoms with van der Waals surface area (Å²) in [6, 6.07) is 4.83. The van der Waals surface area contributed by atoms with Crippen LogP contribution in [0.4, 0.5) is 5.69 Å². The predicted molar refractivity (Wildman–Crippen MR) is 83.8 cm³/mol. The van der Waals surface area contributed by atoms with Crippen molar-refractivity contribution in [1.82, 2.24) is 4.98 Å². The van der Waals surface area contributed by atoms with Gasteiger partial charge in [0.25, 0.3) is 5.91 Å². The number of rotatable bonds is 5. The second kappa shape index (κ2) is 6.23. The molecule has 0 saturated carbocycles. The molecule has 0 aliphatic rings. The Hall–Kier alpha value is -1.93. The van der Waals surface area contributed by atoms with Crippen LogP contribution >= 0.6 is 27.3 Å². The lowest BCUT2D eigenvalue weighted by Crippen LogP contribution is -2.16. The molecule has 1 atom stereocenters. The van der Waals surface area contributed by atoms with E-state index < -0.39 is 11.9 Å². The number of halogens is 1. The number of carbonyl (C=O) groups excluding carboxylic acids is 1. The van der Waals surface area contributed by atoms with Crippen molar-refractivity contribution in [2.45, 2.75) is 13.0 Å². The van der Waals surface area contributed by atoms with Crippen molar-refractivity contribution in [2.24, 2.45) is 5.73 Å². The highest BCUT2D eigenvalue weighted by Crippen LogP contribution is 2.27. The van der Waals surface area contributed by atoms with Crippen molar-refractivity contribution in [1.29, 1.82) is 0 Å². The van der Waals surface area contributed by atoms with E-state index in [9.17, 15) is 9.59 Å². The maximum Gasteiger partial charge on any atom is 0.355 e. The van der Waals surface area contributed by atoms with Gasteiger partial charge in [-0.2, -0.15) is 0 Å². The molecule has 0 bridgehead atoms. The fraction of sp³-hybridized carbons (Fsp3) is 0.154. The Balaban J connectivity index is 2.26. The molecule has 4 N–H and O–H groups in total. The van der Waals surface area contributed by atoms with Crippen molar-refractivity contribution in [3.05, 3.63) is 44.3 Å². The molecule has 21 heavy (non-hydrogen) atoms. The summed E-state index contributed by atoms with van der Waals surface area (Å²) in [4.78, 5) is 26.3. The van der Waals surface area contributed by atoms with Crippen LogP contribution in [0.1, 0.15) is 38.8 Å². The number of thiazole rings is 1. The van der Waals surface area contributed by atoms with E-state index in [0.717, 1.165) is 4.47 Å².